The van der Waals surface area contributed by atoms with E-state index < -0.39 is 34.0 Å². The van der Waals surface area contributed by atoms with Crippen LogP contribution in [-0.2, 0) is 39.0 Å². The number of terminal acetylenes is 1. The highest BCUT2D eigenvalue weighted by Gasteiger charge is 2.36. The predicted molar refractivity (Wildman–Crippen MR) is 180 cm³/mol. The molecule has 4 rings (SSSR count). The van der Waals surface area contributed by atoms with Gasteiger partial charge >= 0.3 is 0 Å². The Bertz CT molecular complexity index is 1630. The highest BCUT2D eigenvalue weighted by molar-refractivity contribution is 7.89. The molecule has 0 unspecified atom stereocenters. The Labute approximate surface area is 278 Å². The van der Waals surface area contributed by atoms with Crippen molar-refractivity contribution in [3.63, 3.8) is 0 Å². The molecule has 0 radical (unpaired) electrons. The van der Waals surface area contributed by atoms with Gasteiger partial charge in [-0.1, -0.05) is 74.5 Å². The zero-order valence-corrected chi connectivity index (χ0v) is 27.8. The molecular weight excluding hydrogens is 616 g/mol. The topological polar surface area (TPSA) is 128 Å². The van der Waals surface area contributed by atoms with Crippen LogP contribution in [0.25, 0.3) is 0 Å². The number of rotatable bonds is 16. The summed E-state index contributed by atoms with van der Waals surface area (Å²) in [5, 5.41) is 16.1. The van der Waals surface area contributed by atoms with E-state index in [0.717, 1.165) is 21.7 Å². The van der Waals surface area contributed by atoms with Crippen LogP contribution in [0.15, 0.2) is 83.8 Å². The first kappa shape index (κ1) is 35.6. The summed E-state index contributed by atoms with van der Waals surface area (Å²) in [6, 6.07) is 22.6. The molecule has 0 spiro atoms. The molecule has 1 heterocycles. The molecule has 3 N–H and O–H groups in total. The number of hydrogen-bond donors (Lipinski definition) is 3. The second-order valence-corrected chi connectivity index (χ2v) is 13.9. The van der Waals surface area contributed by atoms with E-state index in [2.05, 4.69) is 16.7 Å². The van der Waals surface area contributed by atoms with Crippen molar-refractivity contribution in [2.45, 2.75) is 63.1 Å². The molecule has 0 fully saturated rings. The molecule has 250 valence electrons. The maximum absolute atomic E-state index is 14.0. The number of carbonyl (C=O) groups excluding carboxylic acids is 2. The minimum atomic E-state index is -4.05. The smallest absolute Gasteiger partial charge is 0.252 e. The summed E-state index contributed by atoms with van der Waals surface area (Å²) in [7, 11) is -4.05. The fraction of sp³-hybridized carbons (Fsp3) is 0.389. The lowest BCUT2D eigenvalue weighted by atomic mass is 9.99. The van der Waals surface area contributed by atoms with E-state index >= 15 is 0 Å². The van der Waals surface area contributed by atoms with E-state index in [0.29, 0.717) is 25.3 Å². The molecule has 0 aromatic heterocycles. The Morgan fingerprint density at radius 3 is 2.34 bits per heavy atom. The van der Waals surface area contributed by atoms with E-state index in [-0.39, 0.29) is 49.7 Å². The Morgan fingerprint density at radius 2 is 1.68 bits per heavy atom. The lowest BCUT2D eigenvalue weighted by molar-refractivity contribution is -0.147. The van der Waals surface area contributed by atoms with Gasteiger partial charge in [-0.15, -0.1) is 12.3 Å². The van der Waals surface area contributed by atoms with E-state index in [1.165, 1.54) is 10.4 Å². The molecule has 3 aromatic rings. The number of amides is 2. The molecule has 2 amide bonds. The van der Waals surface area contributed by atoms with Gasteiger partial charge in [-0.2, -0.15) is 4.31 Å². The highest BCUT2D eigenvalue weighted by Crippen LogP contribution is 2.29. The van der Waals surface area contributed by atoms with Crippen molar-refractivity contribution in [3.05, 3.63) is 95.6 Å². The van der Waals surface area contributed by atoms with Crippen LogP contribution in [0.2, 0.25) is 0 Å². The average Bonchev–Trinajstić information content (AvgIpc) is 3.54. The summed E-state index contributed by atoms with van der Waals surface area (Å²) in [6.45, 7) is 4.43. The molecule has 3 aromatic carbocycles. The van der Waals surface area contributed by atoms with Gasteiger partial charge < -0.3 is 15.2 Å². The molecule has 10 nitrogen and oxygen atoms in total. The van der Waals surface area contributed by atoms with Crippen molar-refractivity contribution in [2.75, 3.05) is 26.2 Å². The number of nitrogens with one attached hydrogen (secondary N) is 2. The standard InChI is InChI=1S/C36H44N4O6S/c1-4-5-16-36(43)40(38-35(42)24-37-23-29-14-10-7-11-15-29)32(21-28-12-8-6-9-13-28)33(41)26-39(25-27(2)3)47(44,45)31-17-18-34-30(22-31)19-20-46-34/h1,6-15,17-18,22,27,32-33,37,41H,5,16,19-21,23-26H2,2-3H3,(H,38,42)/t32-,33+/m0/s1. The van der Waals surface area contributed by atoms with Gasteiger partial charge in [-0.25, -0.2) is 13.4 Å². The number of nitrogens with zero attached hydrogens (tertiary/aromatic N) is 2. The number of hydrazine groups is 1. The van der Waals surface area contributed by atoms with Crippen LogP contribution in [0.3, 0.4) is 0 Å². The van der Waals surface area contributed by atoms with Gasteiger partial charge in [-0.3, -0.25) is 15.0 Å². The monoisotopic (exact) mass is 660 g/mol. The van der Waals surface area contributed by atoms with Gasteiger partial charge in [0.2, 0.25) is 15.9 Å². The van der Waals surface area contributed by atoms with Crippen LogP contribution in [0.4, 0.5) is 0 Å². The van der Waals surface area contributed by atoms with E-state index in [9.17, 15) is 23.1 Å². The van der Waals surface area contributed by atoms with Crippen LogP contribution in [0.5, 0.6) is 5.75 Å². The predicted octanol–water partition coefficient (Wildman–Crippen LogP) is 3.30. The molecular formula is C36H44N4O6S. The maximum Gasteiger partial charge on any atom is 0.252 e. The van der Waals surface area contributed by atoms with Gasteiger partial charge in [0.05, 0.1) is 30.2 Å². The quantitative estimate of drug-likeness (QED) is 0.159. The molecule has 11 heteroatoms. The molecule has 47 heavy (non-hydrogen) atoms. The van der Waals surface area contributed by atoms with Gasteiger partial charge in [0.1, 0.15) is 5.75 Å². The largest absolute Gasteiger partial charge is 0.493 e. The Kier molecular flexibility index (Phi) is 13.0. The van der Waals surface area contributed by atoms with Crippen molar-refractivity contribution in [1.82, 2.24) is 20.1 Å². The second-order valence-electron chi connectivity index (χ2n) is 12.0. The molecule has 0 saturated heterocycles. The third-order valence-electron chi connectivity index (χ3n) is 7.78. The summed E-state index contributed by atoms with van der Waals surface area (Å²) < 4.78 is 34.9. The zero-order chi connectivity index (χ0) is 33.8. The fourth-order valence-electron chi connectivity index (χ4n) is 5.46. The Balaban J connectivity index is 1.61. The number of ether oxygens (including phenoxy) is 1. The first-order valence-corrected chi connectivity index (χ1v) is 17.3. The number of benzene rings is 3. The van der Waals surface area contributed by atoms with Crippen molar-refractivity contribution in [3.8, 4) is 18.1 Å². The van der Waals surface area contributed by atoms with Crippen LogP contribution in [-0.4, -0.2) is 73.0 Å². The number of fused-ring (bicyclic) bond motifs is 1. The lowest BCUT2D eigenvalue weighted by Crippen LogP contribution is -2.60. The first-order chi connectivity index (χ1) is 22.6. The Morgan fingerprint density at radius 1 is 1.00 bits per heavy atom. The van der Waals surface area contributed by atoms with E-state index in [1.54, 1.807) is 12.1 Å². The number of aliphatic hydroxyl groups excluding tert-OH is 1. The number of sulfonamides is 1. The molecule has 0 aliphatic carbocycles. The third-order valence-corrected chi connectivity index (χ3v) is 9.60. The van der Waals surface area contributed by atoms with Crippen LogP contribution >= 0.6 is 0 Å². The third kappa shape index (κ3) is 10.1. The molecule has 1 aliphatic rings. The number of carbonyl (C=O) groups is 2. The molecule has 0 saturated carbocycles. The van der Waals surface area contributed by atoms with Crippen LogP contribution < -0.4 is 15.5 Å². The van der Waals surface area contributed by atoms with Crippen LogP contribution in [0, 0.1) is 18.3 Å². The summed E-state index contributed by atoms with van der Waals surface area (Å²) in [5.41, 5.74) is 5.29. The van der Waals surface area contributed by atoms with Gasteiger partial charge in [0.25, 0.3) is 5.91 Å². The van der Waals surface area contributed by atoms with Crippen molar-refractivity contribution < 1.29 is 27.9 Å². The van der Waals surface area contributed by atoms with Gasteiger partial charge in [0.15, 0.2) is 0 Å². The molecule has 0 bridgehead atoms. The number of aliphatic hydroxyl groups is 1. The normalized spacial score (nSPS) is 13.8. The second kappa shape index (κ2) is 17.1. The highest BCUT2D eigenvalue weighted by atomic mass is 32.2. The minimum Gasteiger partial charge on any atom is -0.493 e. The molecule has 2 atom stereocenters. The van der Waals surface area contributed by atoms with Crippen molar-refractivity contribution >= 4 is 21.8 Å². The minimum absolute atomic E-state index is 0.0638. The fourth-order valence-corrected chi connectivity index (χ4v) is 7.13. The summed E-state index contributed by atoms with van der Waals surface area (Å²) in [6.07, 6.45) is 4.89. The van der Waals surface area contributed by atoms with Gasteiger partial charge in [-0.05, 0) is 47.2 Å². The van der Waals surface area contributed by atoms with E-state index in [4.69, 9.17) is 11.2 Å². The van der Waals surface area contributed by atoms with Crippen LogP contribution in [0.1, 0.15) is 43.4 Å². The first-order valence-electron chi connectivity index (χ1n) is 15.9. The van der Waals surface area contributed by atoms with Crippen molar-refractivity contribution in [2.24, 2.45) is 5.92 Å². The molecule has 1 aliphatic heterocycles. The summed E-state index contributed by atoms with van der Waals surface area (Å²) in [5.74, 6) is 2.07. The number of hydrogen-bond acceptors (Lipinski definition) is 7. The maximum atomic E-state index is 14.0. The summed E-state index contributed by atoms with van der Waals surface area (Å²) >= 11 is 0. The SMILES string of the molecule is C#CCCC(=O)N(NC(=O)CNCc1ccccc1)[C@@H](Cc1ccccc1)[C@H](O)CN(CC(C)C)S(=O)(=O)c1ccc2c(c1)CCO2. The lowest BCUT2D eigenvalue weighted by Gasteiger charge is -2.37. The van der Waals surface area contributed by atoms with Gasteiger partial charge in [0, 0.05) is 38.9 Å². The summed E-state index contributed by atoms with van der Waals surface area (Å²) in [4.78, 5) is 26.9. The van der Waals surface area contributed by atoms with E-state index in [1.807, 2.05) is 74.5 Å². The van der Waals surface area contributed by atoms with Crippen molar-refractivity contribution in [1.29, 1.82) is 0 Å². The Hall–Kier alpha value is -4.21. The average molecular weight is 661 g/mol. The zero-order valence-electron chi connectivity index (χ0n) is 27.0.